The van der Waals surface area contributed by atoms with E-state index >= 15 is 0 Å². The van der Waals surface area contributed by atoms with Gasteiger partial charge in [-0.2, -0.15) is 13.9 Å². The fraction of sp³-hybridized carbons (Fsp3) is 0.532. The topological polar surface area (TPSA) is 154 Å². The van der Waals surface area contributed by atoms with Gasteiger partial charge in [-0.05, 0) is 113 Å². The molecule has 3 fully saturated rings. The van der Waals surface area contributed by atoms with Crippen molar-refractivity contribution in [3.05, 3.63) is 60.6 Å². The van der Waals surface area contributed by atoms with Crippen LogP contribution < -0.4 is 34.8 Å². The molecule has 2 aromatic carbocycles. The van der Waals surface area contributed by atoms with Gasteiger partial charge in [0.1, 0.15) is 11.5 Å². The molecule has 1 aliphatic carbocycles. The van der Waals surface area contributed by atoms with Crippen LogP contribution in [0.4, 0.5) is 31.5 Å². The number of alkyl halides is 2. The predicted octanol–water partition coefficient (Wildman–Crippen LogP) is 7.51. The normalized spacial score (nSPS) is 19.0. The van der Waals surface area contributed by atoms with Crippen molar-refractivity contribution < 1.29 is 37.4 Å². The van der Waals surface area contributed by atoms with E-state index in [9.17, 15) is 18.4 Å². The molecule has 4 aromatic rings. The van der Waals surface area contributed by atoms with Gasteiger partial charge < -0.3 is 39.7 Å². The van der Waals surface area contributed by atoms with E-state index in [-0.39, 0.29) is 17.4 Å². The van der Waals surface area contributed by atoms with Gasteiger partial charge >= 0.3 is 6.61 Å². The van der Waals surface area contributed by atoms with Gasteiger partial charge in [-0.1, -0.05) is 19.4 Å². The second-order valence-electron chi connectivity index (χ2n) is 17.5. The molecule has 2 aliphatic heterocycles. The summed E-state index contributed by atoms with van der Waals surface area (Å²) in [5, 5.41) is 10.4. The third-order valence-corrected chi connectivity index (χ3v) is 13.2. The molecule has 2 N–H and O–H groups in total. The first-order chi connectivity index (χ1) is 30.9. The number of carbonyl (C=O) groups excluding carboxylic acids is 4. The molecule has 1 spiro atoms. The molecule has 2 saturated heterocycles. The van der Waals surface area contributed by atoms with Crippen LogP contribution in [0.2, 0.25) is 0 Å². The Balaban J connectivity index is 0.00000129. The molecule has 0 bridgehead atoms. The lowest BCUT2D eigenvalue weighted by Crippen LogP contribution is -2.48. The van der Waals surface area contributed by atoms with Crippen molar-refractivity contribution in [2.24, 2.45) is 11.3 Å². The van der Waals surface area contributed by atoms with Crippen LogP contribution >= 0.6 is 0 Å². The largest absolute Gasteiger partial charge is 0.494 e. The summed E-state index contributed by atoms with van der Waals surface area (Å²) in [5.41, 5.74) is 5.07. The molecule has 1 unspecified atom stereocenters. The maximum atomic E-state index is 13.0. The lowest BCUT2D eigenvalue weighted by Gasteiger charge is -2.48. The number of nitrogens with zero attached hydrogens (tertiary/aromatic N) is 7. The zero-order valence-corrected chi connectivity index (χ0v) is 37.7. The number of nitrogens with one attached hydrogen (secondary N) is 2. The SMILES string of the molecule is CCCC(C)N(C=O)c1cccc(N2CCC3(CCN(CC4CCC(n5cc6cc(NC(=O)c7cncc(OC(F)F)c7)c(OC)cc6n5)CC4)CC3)CC2)c1N(C)C.O=CNC=O. The highest BCUT2D eigenvalue weighted by Gasteiger charge is 2.39. The fourth-order valence-electron chi connectivity index (χ4n) is 9.74. The summed E-state index contributed by atoms with van der Waals surface area (Å²) in [6.07, 6.45) is 17.5. The van der Waals surface area contributed by atoms with Crippen LogP contribution in [0.1, 0.15) is 94.5 Å². The van der Waals surface area contributed by atoms with Crippen molar-refractivity contribution in [2.45, 2.75) is 96.8 Å². The summed E-state index contributed by atoms with van der Waals surface area (Å²) >= 11 is 0. The first-order valence-corrected chi connectivity index (χ1v) is 22.3. The van der Waals surface area contributed by atoms with Crippen molar-refractivity contribution in [1.82, 2.24) is 25.0 Å². The summed E-state index contributed by atoms with van der Waals surface area (Å²) in [5.74, 6) is 0.412. The smallest absolute Gasteiger partial charge is 0.387 e. The Morgan fingerprint density at radius 1 is 0.984 bits per heavy atom. The highest BCUT2D eigenvalue weighted by molar-refractivity contribution is 6.06. The highest BCUT2D eigenvalue weighted by Crippen LogP contribution is 2.46. The Kier molecular flexibility index (Phi) is 16.5. The standard InChI is InChI=1S/C45H60F2N8O4.C2H3NO2/c1-6-8-31(2)54(30-56)40-10-7-9-39(42(40)51(3)4)53-21-17-45(18-22-53)15-19-52(20-16-45)28-32-11-13-35(14-12-32)55-29-34-24-38(41(58-5)25-37(34)50-55)49-43(57)33-23-36(27-48-26-33)59-44(46)47;4-1-3-2-5/h7,9-10,23-27,29-32,35,44H,6,8,11-22,28H2,1-5H3,(H,49,57);1-2H,(H,3,4,5). The molecule has 1 saturated carbocycles. The number of hydrogen-bond donors (Lipinski definition) is 2. The Morgan fingerprint density at radius 2 is 1.69 bits per heavy atom. The van der Waals surface area contributed by atoms with Crippen LogP contribution in [0.15, 0.2) is 55.0 Å². The molecule has 4 amide bonds. The summed E-state index contributed by atoms with van der Waals surface area (Å²) in [4.78, 5) is 56.7. The lowest BCUT2D eigenvalue weighted by atomic mass is 9.71. The number of amides is 4. The van der Waals surface area contributed by atoms with E-state index in [4.69, 9.17) is 19.4 Å². The number of ether oxygens (including phenoxy) is 2. The number of carbonyl (C=O) groups is 4. The van der Waals surface area contributed by atoms with E-state index in [1.54, 1.807) is 5.32 Å². The maximum absolute atomic E-state index is 13.0. The number of methoxy groups -OCH3 is 1. The van der Waals surface area contributed by atoms with Gasteiger partial charge in [-0.3, -0.25) is 28.8 Å². The number of pyridine rings is 1. The lowest BCUT2D eigenvalue weighted by molar-refractivity contribution is -0.117. The van der Waals surface area contributed by atoms with Gasteiger partial charge in [0.2, 0.25) is 19.2 Å². The minimum Gasteiger partial charge on any atom is -0.494 e. The third-order valence-electron chi connectivity index (χ3n) is 13.2. The molecular weight excluding hydrogens is 825 g/mol. The summed E-state index contributed by atoms with van der Waals surface area (Å²) in [7, 11) is 5.70. The second-order valence-corrected chi connectivity index (χ2v) is 17.5. The molecule has 0 radical (unpaired) electrons. The molecule has 3 aliphatic rings. The van der Waals surface area contributed by atoms with E-state index in [1.165, 1.54) is 63.8 Å². The summed E-state index contributed by atoms with van der Waals surface area (Å²) in [6.45, 7) is 6.86. The van der Waals surface area contributed by atoms with Gasteiger partial charge in [-0.15, -0.1) is 0 Å². The number of hydrogen-bond acceptors (Lipinski definition) is 11. The number of imide groups is 1. The average molecular weight is 888 g/mol. The van der Waals surface area contributed by atoms with Crippen LogP contribution in [0.3, 0.4) is 0 Å². The molecule has 64 heavy (non-hydrogen) atoms. The van der Waals surface area contributed by atoms with Gasteiger partial charge in [0.15, 0.2) is 0 Å². The molecule has 15 nitrogen and oxygen atoms in total. The molecule has 17 heteroatoms. The van der Waals surface area contributed by atoms with Crippen molar-refractivity contribution in [1.29, 1.82) is 0 Å². The molecule has 2 aromatic heterocycles. The number of benzene rings is 2. The molecule has 4 heterocycles. The fourth-order valence-corrected chi connectivity index (χ4v) is 9.74. The van der Waals surface area contributed by atoms with Crippen molar-refractivity contribution in [2.75, 3.05) is 73.9 Å². The zero-order chi connectivity index (χ0) is 45.8. The highest BCUT2D eigenvalue weighted by atomic mass is 19.3. The third kappa shape index (κ3) is 11.6. The number of anilines is 4. The van der Waals surface area contributed by atoms with E-state index in [0.717, 1.165) is 93.0 Å². The zero-order valence-electron chi connectivity index (χ0n) is 37.7. The number of halogens is 2. The number of fused-ring (bicyclic) bond motifs is 1. The van der Waals surface area contributed by atoms with Gasteiger partial charge in [0.05, 0.1) is 53.2 Å². The number of rotatable bonds is 17. The molecule has 7 rings (SSSR count). The minimum atomic E-state index is -3.01. The van der Waals surface area contributed by atoms with Crippen LogP contribution in [0, 0.1) is 11.3 Å². The Labute approximate surface area is 374 Å². The number of likely N-dealkylation sites (tertiary alicyclic amines) is 1. The molecular formula is C47H63F2N9O6. The van der Waals surface area contributed by atoms with Gasteiger partial charge in [0, 0.05) is 63.6 Å². The quantitative estimate of drug-likeness (QED) is 0.101. The van der Waals surface area contributed by atoms with Crippen LogP contribution in [-0.2, 0) is 14.4 Å². The summed E-state index contributed by atoms with van der Waals surface area (Å²) in [6, 6.07) is 11.7. The average Bonchev–Trinajstić information content (AvgIpc) is 3.71. The van der Waals surface area contributed by atoms with Crippen LogP contribution in [0.25, 0.3) is 10.9 Å². The molecule has 1 atom stereocenters. The minimum absolute atomic E-state index is 0.0841. The van der Waals surface area contributed by atoms with Crippen LogP contribution in [0.5, 0.6) is 11.5 Å². The Bertz CT molecular complexity index is 2170. The maximum Gasteiger partial charge on any atom is 0.387 e. The molecule has 346 valence electrons. The first kappa shape index (κ1) is 47.6. The van der Waals surface area contributed by atoms with E-state index < -0.39 is 12.5 Å². The predicted molar refractivity (Wildman–Crippen MR) is 245 cm³/mol. The van der Waals surface area contributed by atoms with E-state index in [0.29, 0.717) is 41.6 Å². The van der Waals surface area contributed by atoms with Crippen LogP contribution in [-0.4, -0.2) is 111 Å². The Hall–Kier alpha value is -5.84. The van der Waals surface area contributed by atoms with E-state index in [1.807, 2.05) is 23.2 Å². The monoisotopic (exact) mass is 887 g/mol. The Morgan fingerprint density at radius 3 is 2.30 bits per heavy atom. The van der Waals surface area contributed by atoms with Gasteiger partial charge in [-0.25, -0.2) is 0 Å². The van der Waals surface area contributed by atoms with Gasteiger partial charge in [0.25, 0.3) is 5.91 Å². The second kappa shape index (κ2) is 22.2. The van der Waals surface area contributed by atoms with Crippen molar-refractivity contribution >= 4 is 58.8 Å². The number of aromatic nitrogens is 3. The first-order valence-electron chi connectivity index (χ1n) is 22.3. The van der Waals surface area contributed by atoms with E-state index in [2.05, 4.69) is 80.6 Å². The number of para-hydroxylation sites is 1. The number of piperidine rings is 2. The summed E-state index contributed by atoms with van der Waals surface area (Å²) < 4.78 is 37.4. The van der Waals surface area contributed by atoms with Crippen molar-refractivity contribution in [3.63, 3.8) is 0 Å². The van der Waals surface area contributed by atoms with Crippen molar-refractivity contribution in [3.8, 4) is 11.5 Å².